The molecule has 30 heavy (non-hydrogen) atoms. The first-order valence-corrected chi connectivity index (χ1v) is 10.8. The fourth-order valence-electron chi connectivity index (χ4n) is 2.83. The molecule has 1 aromatic carbocycles. The van der Waals surface area contributed by atoms with Crippen molar-refractivity contribution in [2.24, 2.45) is 0 Å². The summed E-state index contributed by atoms with van der Waals surface area (Å²) in [6.45, 7) is 3.87. The van der Waals surface area contributed by atoms with E-state index >= 15 is 0 Å². The van der Waals surface area contributed by atoms with Crippen LogP contribution in [-0.4, -0.2) is 38.9 Å². The fraction of sp³-hybridized carbons (Fsp3) is 0.350. The van der Waals surface area contributed by atoms with Crippen molar-refractivity contribution in [1.82, 2.24) is 9.71 Å². The van der Waals surface area contributed by atoms with Crippen molar-refractivity contribution < 1.29 is 22.3 Å². The van der Waals surface area contributed by atoms with E-state index in [2.05, 4.69) is 10.3 Å². The first kappa shape index (κ1) is 23.3. The highest BCUT2D eigenvalue weighted by atomic mass is 32.2. The van der Waals surface area contributed by atoms with Gasteiger partial charge in [0.1, 0.15) is 17.6 Å². The molecule has 0 radical (unpaired) electrons. The molecule has 0 aliphatic carbocycles. The van der Waals surface area contributed by atoms with Crippen LogP contribution in [0.15, 0.2) is 30.5 Å². The number of sulfonamides is 1. The van der Waals surface area contributed by atoms with Gasteiger partial charge in [-0.05, 0) is 47.7 Å². The lowest BCUT2D eigenvalue weighted by atomic mass is 9.94. The molecule has 0 aliphatic heterocycles. The van der Waals surface area contributed by atoms with Gasteiger partial charge in [0.05, 0.1) is 11.4 Å². The number of nitrogens with zero attached hydrogens (tertiary/aromatic N) is 2. The van der Waals surface area contributed by atoms with Crippen LogP contribution in [0, 0.1) is 17.1 Å². The second-order valence-electron chi connectivity index (χ2n) is 6.84. The highest BCUT2D eigenvalue weighted by molar-refractivity contribution is 7.90. The van der Waals surface area contributed by atoms with Crippen LogP contribution in [0.4, 0.5) is 14.9 Å². The van der Waals surface area contributed by atoms with Gasteiger partial charge >= 0.3 is 6.03 Å². The second kappa shape index (κ2) is 10.1. The maximum absolute atomic E-state index is 14.3. The number of hydrogen-bond acceptors (Lipinski definition) is 6. The molecule has 2 amide bonds. The third-order valence-electron chi connectivity index (χ3n) is 4.19. The maximum Gasteiger partial charge on any atom is 0.332 e. The number of aromatic nitrogens is 1. The lowest BCUT2D eigenvalue weighted by Gasteiger charge is -2.19. The Morgan fingerprint density at radius 2 is 2.07 bits per heavy atom. The zero-order valence-electron chi connectivity index (χ0n) is 16.9. The average molecular weight is 434 g/mol. The van der Waals surface area contributed by atoms with E-state index in [1.165, 1.54) is 31.5 Å². The summed E-state index contributed by atoms with van der Waals surface area (Å²) in [5.74, 6) is -0.982. The van der Waals surface area contributed by atoms with Gasteiger partial charge in [0.2, 0.25) is 10.0 Å². The number of anilines is 1. The van der Waals surface area contributed by atoms with Crippen molar-refractivity contribution in [2.75, 3.05) is 24.8 Å². The highest BCUT2D eigenvalue weighted by Gasteiger charge is 2.20. The van der Waals surface area contributed by atoms with Crippen molar-refractivity contribution >= 4 is 21.7 Å². The van der Waals surface area contributed by atoms with Gasteiger partial charge in [0.25, 0.3) is 0 Å². The van der Waals surface area contributed by atoms with Crippen molar-refractivity contribution in [3.63, 3.8) is 0 Å². The maximum atomic E-state index is 14.3. The van der Waals surface area contributed by atoms with Gasteiger partial charge in [0.15, 0.2) is 0 Å². The molecule has 0 saturated carbocycles. The number of amides is 2. The van der Waals surface area contributed by atoms with Crippen LogP contribution < -0.4 is 10.0 Å². The van der Waals surface area contributed by atoms with E-state index in [4.69, 9.17) is 10.00 Å². The molecule has 0 bridgehead atoms. The fourth-order valence-corrected chi connectivity index (χ4v) is 3.77. The summed E-state index contributed by atoms with van der Waals surface area (Å²) in [5, 5.41) is 11.6. The number of rotatable bonds is 8. The molecule has 0 spiro atoms. The van der Waals surface area contributed by atoms with Crippen LogP contribution in [0.25, 0.3) is 11.1 Å². The largest absolute Gasteiger partial charge is 0.385 e. The van der Waals surface area contributed by atoms with E-state index in [0.29, 0.717) is 16.7 Å². The zero-order valence-corrected chi connectivity index (χ0v) is 17.7. The van der Waals surface area contributed by atoms with E-state index in [-0.39, 0.29) is 36.1 Å². The first-order valence-electron chi connectivity index (χ1n) is 9.17. The molecule has 2 rings (SSSR count). The summed E-state index contributed by atoms with van der Waals surface area (Å²) in [4.78, 5) is 16.3. The lowest BCUT2D eigenvalue weighted by Crippen LogP contribution is -2.36. The molecule has 160 valence electrons. The number of carbonyl (C=O) groups excluding carboxylic acids is 1. The first-order chi connectivity index (χ1) is 14.2. The van der Waals surface area contributed by atoms with Crippen molar-refractivity contribution in [2.45, 2.75) is 26.2 Å². The molecule has 10 heteroatoms. The van der Waals surface area contributed by atoms with E-state index in [1.54, 1.807) is 6.07 Å². The molecule has 0 aliphatic rings. The average Bonchev–Trinajstić information content (AvgIpc) is 2.68. The molecule has 1 aromatic heterocycles. The summed E-state index contributed by atoms with van der Waals surface area (Å²) >= 11 is 0. The smallest absolute Gasteiger partial charge is 0.332 e. The second-order valence-corrected chi connectivity index (χ2v) is 8.68. The van der Waals surface area contributed by atoms with Crippen LogP contribution in [0.5, 0.6) is 0 Å². The quantitative estimate of drug-likeness (QED) is 0.615. The summed E-state index contributed by atoms with van der Waals surface area (Å²) in [6, 6.07) is 6.48. The normalized spacial score (nSPS) is 11.2. The summed E-state index contributed by atoms with van der Waals surface area (Å²) < 4.78 is 45.2. The third-order valence-corrected chi connectivity index (χ3v) is 5.51. The minimum absolute atomic E-state index is 0.124. The van der Waals surface area contributed by atoms with E-state index in [1.807, 2.05) is 24.6 Å². The highest BCUT2D eigenvalue weighted by Crippen LogP contribution is 2.36. The number of halogens is 1. The molecule has 2 aromatic rings. The van der Waals surface area contributed by atoms with Gasteiger partial charge < -0.3 is 10.1 Å². The zero-order chi connectivity index (χ0) is 22.3. The molecule has 0 saturated heterocycles. The molecule has 2 N–H and O–H groups in total. The number of nitriles is 1. The number of carbonyl (C=O) groups is 1. The monoisotopic (exact) mass is 434 g/mol. The minimum atomic E-state index is -3.87. The standard InChI is InChI=1S/C20H23FN4O4S/c1-13(2)17-10-15(21)11-18(14-5-6-23-16(9-14)12-22)19(17)24-20(26)25-30(27,28)8-4-7-29-3/h5-6,9-11,13H,4,7-8H2,1-3H3,(H2,24,25,26). The Morgan fingerprint density at radius 3 is 2.70 bits per heavy atom. The number of ether oxygens (including phenoxy) is 1. The topological polar surface area (TPSA) is 121 Å². The van der Waals surface area contributed by atoms with E-state index in [0.717, 1.165) is 0 Å². The molecular formula is C20H23FN4O4S. The van der Waals surface area contributed by atoms with Crippen molar-refractivity contribution in [1.29, 1.82) is 5.26 Å². The number of benzene rings is 1. The SMILES string of the molecule is COCCCS(=O)(=O)NC(=O)Nc1c(-c2ccnc(C#N)c2)cc(F)cc1C(C)C. The Balaban J connectivity index is 2.42. The van der Waals surface area contributed by atoms with Crippen LogP contribution in [0.1, 0.15) is 37.4 Å². The Morgan fingerprint density at radius 1 is 1.33 bits per heavy atom. The lowest BCUT2D eigenvalue weighted by molar-refractivity contribution is 0.199. The number of methoxy groups -OCH3 is 1. The van der Waals surface area contributed by atoms with Crippen LogP contribution in [0.3, 0.4) is 0 Å². The Labute approximate surface area is 175 Å². The molecule has 8 nitrogen and oxygen atoms in total. The molecule has 1 heterocycles. The Hall–Kier alpha value is -3.03. The predicted molar refractivity (Wildman–Crippen MR) is 111 cm³/mol. The van der Waals surface area contributed by atoms with Gasteiger partial charge in [0, 0.05) is 25.5 Å². The minimum Gasteiger partial charge on any atom is -0.385 e. The van der Waals surface area contributed by atoms with E-state index < -0.39 is 21.9 Å². The van der Waals surface area contributed by atoms with Gasteiger partial charge in [-0.25, -0.2) is 27.3 Å². The number of urea groups is 1. The van der Waals surface area contributed by atoms with Crippen LogP contribution >= 0.6 is 0 Å². The Kier molecular flexibility index (Phi) is 7.86. The summed E-state index contributed by atoms with van der Waals surface area (Å²) in [6.07, 6.45) is 1.63. The van der Waals surface area contributed by atoms with Gasteiger partial charge in [-0.2, -0.15) is 5.26 Å². The van der Waals surface area contributed by atoms with E-state index in [9.17, 15) is 17.6 Å². The molecule has 0 fully saturated rings. The molecule has 0 unspecified atom stereocenters. The summed E-state index contributed by atoms with van der Waals surface area (Å²) in [5.41, 5.74) is 1.63. The van der Waals surface area contributed by atoms with Gasteiger partial charge in [-0.1, -0.05) is 13.8 Å². The van der Waals surface area contributed by atoms with Crippen molar-refractivity contribution in [3.05, 3.63) is 47.5 Å². The van der Waals surface area contributed by atoms with Gasteiger partial charge in [-0.15, -0.1) is 0 Å². The number of nitrogens with one attached hydrogen (secondary N) is 2. The predicted octanol–water partition coefficient (Wildman–Crippen LogP) is 3.37. The number of pyridine rings is 1. The van der Waals surface area contributed by atoms with Crippen LogP contribution in [0.2, 0.25) is 0 Å². The van der Waals surface area contributed by atoms with Gasteiger partial charge in [-0.3, -0.25) is 0 Å². The summed E-state index contributed by atoms with van der Waals surface area (Å²) in [7, 11) is -2.42. The van der Waals surface area contributed by atoms with Crippen molar-refractivity contribution in [3.8, 4) is 17.2 Å². The Bertz CT molecular complexity index is 1060. The number of hydrogen-bond donors (Lipinski definition) is 2. The van der Waals surface area contributed by atoms with Crippen LogP contribution in [-0.2, 0) is 14.8 Å². The molecular weight excluding hydrogens is 411 g/mol. The molecule has 0 atom stereocenters. The third kappa shape index (κ3) is 6.23.